The lowest BCUT2D eigenvalue weighted by atomic mass is 9.93. The first-order chi connectivity index (χ1) is 14.7. The Morgan fingerprint density at radius 2 is 1.97 bits per heavy atom. The number of carbonyl (C=O) groups is 2. The van der Waals surface area contributed by atoms with Crippen LogP contribution in [0.25, 0.3) is 10.9 Å². The summed E-state index contributed by atoms with van der Waals surface area (Å²) in [6, 6.07) is 7.14. The summed E-state index contributed by atoms with van der Waals surface area (Å²) in [4.78, 5) is 38.5. The number of nitrogens with zero attached hydrogens (tertiary/aromatic N) is 3. The van der Waals surface area contributed by atoms with Crippen molar-refractivity contribution < 1.29 is 14.7 Å². The standard InChI is InChI=1S/C23H26N4O3S/c1-12-17(15-8-6-7-9-16(15)25-12)19-18(20(28)22-13(2)24-14(3)31-22)21(29)23(30)27(19)11-10-26(4)5/h6-9,19,25,29H,10-11H2,1-5H3. The zero-order chi connectivity index (χ0) is 22.4. The minimum absolute atomic E-state index is 0.128. The Bertz CT molecular complexity index is 1220. The molecule has 1 aromatic carbocycles. The number of carbonyl (C=O) groups excluding carboxylic acids is 2. The fourth-order valence-electron chi connectivity index (χ4n) is 4.24. The molecule has 8 heteroatoms. The quantitative estimate of drug-likeness (QED) is 0.573. The van der Waals surface area contributed by atoms with Gasteiger partial charge in [-0.2, -0.15) is 0 Å². The average molecular weight is 439 g/mol. The van der Waals surface area contributed by atoms with Crippen molar-refractivity contribution in [2.75, 3.05) is 27.2 Å². The molecule has 2 N–H and O–H groups in total. The molecule has 1 unspecified atom stereocenters. The van der Waals surface area contributed by atoms with Crippen LogP contribution in [0.4, 0.5) is 0 Å². The van der Waals surface area contributed by atoms with E-state index in [4.69, 9.17) is 0 Å². The van der Waals surface area contributed by atoms with Gasteiger partial charge in [-0.05, 0) is 40.9 Å². The zero-order valence-electron chi connectivity index (χ0n) is 18.3. The molecule has 0 bridgehead atoms. The molecule has 0 saturated heterocycles. The number of likely N-dealkylation sites (N-methyl/N-ethyl adjacent to an activating group) is 1. The topological polar surface area (TPSA) is 89.5 Å². The summed E-state index contributed by atoms with van der Waals surface area (Å²) in [6.45, 7) is 6.55. The maximum Gasteiger partial charge on any atom is 0.290 e. The molecule has 1 amide bonds. The van der Waals surface area contributed by atoms with Crippen molar-refractivity contribution in [3.05, 3.63) is 62.4 Å². The number of ketones is 1. The summed E-state index contributed by atoms with van der Waals surface area (Å²) in [7, 11) is 3.85. The van der Waals surface area contributed by atoms with Gasteiger partial charge in [0.2, 0.25) is 5.78 Å². The highest BCUT2D eigenvalue weighted by atomic mass is 32.1. The van der Waals surface area contributed by atoms with Crippen molar-refractivity contribution >= 4 is 33.9 Å². The third-order valence-corrected chi connectivity index (χ3v) is 6.73. The molecule has 162 valence electrons. The third kappa shape index (κ3) is 3.55. The molecular weight excluding hydrogens is 412 g/mol. The lowest BCUT2D eigenvalue weighted by Crippen LogP contribution is -2.36. The average Bonchev–Trinajstić information content (AvgIpc) is 3.30. The van der Waals surface area contributed by atoms with Gasteiger partial charge in [0.15, 0.2) is 5.76 Å². The van der Waals surface area contributed by atoms with Crippen LogP contribution in [-0.4, -0.2) is 63.7 Å². The van der Waals surface area contributed by atoms with Crippen LogP contribution in [0.5, 0.6) is 0 Å². The number of nitrogens with one attached hydrogen (secondary N) is 1. The number of aryl methyl sites for hydroxylation is 3. The van der Waals surface area contributed by atoms with Crippen molar-refractivity contribution in [3.8, 4) is 0 Å². The van der Waals surface area contributed by atoms with Crippen LogP contribution >= 0.6 is 11.3 Å². The molecule has 1 atom stereocenters. The first kappa shape index (κ1) is 21.3. The minimum Gasteiger partial charge on any atom is -0.503 e. The highest BCUT2D eigenvalue weighted by Gasteiger charge is 2.45. The van der Waals surface area contributed by atoms with E-state index in [2.05, 4.69) is 9.97 Å². The molecular formula is C23H26N4O3S. The number of aliphatic hydroxyl groups excluding tert-OH is 1. The largest absolute Gasteiger partial charge is 0.503 e. The highest BCUT2D eigenvalue weighted by molar-refractivity contribution is 7.14. The van der Waals surface area contributed by atoms with Crippen molar-refractivity contribution in [2.24, 2.45) is 0 Å². The number of benzene rings is 1. The molecule has 0 radical (unpaired) electrons. The molecule has 0 saturated carbocycles. The third-order valence-electron chi connectivity index (χ3n) is 5.66. The maximum absolute atomic E-state index is 13.6. The summed E-state index contributed by atoms with van der Waals surface area (Å²) in [6.07, 6.45) is 0. The Labute approximate surface area is 185 Å². The number of rotatable bonds is 6. The molecule has 31 heavy (non-hydrogen) atoms. The fourth-order valence-corrected chi connectivity index (χ4v) is 5.11. The van der Waals surface area contributed by atoms with Gasteiger partial charge in [0.05, 0.1) is 27.2 Å². The number of aromatic nitrogens is 2. The number of para-hydroxylation sites is 1. The van der Waals surface area contributed by atoms with Crippen LogP contribution in [0.1, 0.15) is 37.7 Å². The van der Waals surface area contributed by atoms with Gasteiger partial charge in [0, 0.05) is 35.2 Å². The zero-order valence-corrected chi connectivity index (χ0v) is 19.1. The van der Waals surface area contributed by atoms with Gasteiger partial charge in [0.25, 0.3) is 5.91 Å². The van der Waals surface area contributed by atoms with E-state index in [0.29, 0.717) is 23.7 Å². The Morgan fingerprint density at radius 1 is 1.26 bits per heavy atom. The molecule has 0 aliphatic carbocycles. The normalized spacial score (nSPS) is 16.9. The number of H-pyrrole nitrogens is 1. The van der Waals surface area contributed by atoms with E-state index in [1.807, 2.05) is 57.1 Å². The van der Waals surface area contributed by atoms with Gasteiger partial charge < -0.3 is 19.9 Å². The van der Waals surface area contributed by atoms with Gasteiger partial charge >= 0.3 is 0 Å². The SMILES string of the molecule is Cc1nc(C)c(C(=O)C2=C(O)C(=O)N(CCN(C)C)C2c2c(C)[nH]c3ccccc23)s1. The first-order valence-electron chi connectivity index (χ1n) is 10.2. The molecule has 3 aromatic rings. The van der Waals surface area contributed by atoms with E-state index < -0.39 is 17.7 Å². The summed E-state index contributed by atoms with van der Waals surface area (Å²) < 4.78 is 0. The predicted octanol–water partition coefficient (Wildman–Crippen LogP) is 3.69. The van der Waals surface area contributed by atoms with E-state index in [1.54, 1.807) is 11.8 Å². The van der Waals surface area contributed by atoms with Crippen molar-refractivity contribution in [2.45, 2.75) is 26.8 Å². The molecule has 2 aromatic heterocycles. The summed E-state index contributed by atoms with van der Waals surface area (Å²) in [5, 5.41) is 12.6. The summed E-state index contributed by atoms with van der Waals surface area (Å²) >= 11 is 1.29. The van der Waals surface area contributed by atoms with E-state index >= 15 is 0 Å². The highest BCUT2D eigenvalue weighted by Crippen LogP contribution is 2.43. The Hall–Kier alpha value is -2.97. The predicted molar refractivity (Wildman–Crippen MR) is 122 cm³/mol. The first-order valence-corrected chi connectivity index (χ1v) is 11.0. The summed E-state index contributed by atoms with van der Waals surface area (Å²) in [5.41, 5.74) is 3.38. The van der Waals surface area contributed by atoms with E-state index in [-0.39, 0.29) is 11.4 Å². The number of hydrogen-bond donors (Lipinski definition) is 2. The smallest absolute Gasteiger partial charge is 0.290 e. The fraction of sp³-hybridized carbons (Fsp3) is 0.348. The Kier molecular flexibility index (Phi) is 5.45. The number of Topliss-reactive ketones (excluding diaryl/α,β-unsaturated/α-hetero) is 1. The van der Waals surface area contributed by atoms with Crippen LogP contribution in [0.3, 0.4) is 0 Å². The number of aromatic amines is 1. The van der Waals surface area contributed by atoms with Gasteiger partial charge in [-0.15, -0.1) is 11.3 Å². The molecule has 1 aliphatic rings. The second-order valence-corrected chi connectivity index (χ2v) is 9.36. The molecule has 7 nitrogen and oxygen atoms in total. The van der Waals surface area contributed by atoms with Crippen LogP contribution < -0.4 is 0 Å². The van der Waals surface area contributed by atoms with Gasteiger partial charge in [0.1, 0.15) is 0 Å². The summed E-state index contributed by atoms with van der Waals surface area (Å²) in [5.74, 6) is -1.32. The molecule has 1 aliphatic heterocycles. The van der Waals surface area contributed by atoms with Crippen molar-refractivity contribution in [1.29, 1.82) is 0 Å². The number of thiazole rings is 1. The lowest BCUT2D eigenvalue weighted by Gasteiger charge is -2.28. The number of fused-ring (bicyclic) bond motifs is 1. The Morgan fingerprint density at radius 3 is 2.61 bits per heavy atom. The Balaban J connectivity index is 1.90. The monoisotopic (exact) mass is 438 g/mol. The van der Waals surface area contributed by atoms with Crippen molar-refractivity contribution in [1.82, 2.24) is 19.8 Å². The lowest BCUT2D eigenvalue weighted by molar-refractivity contribution is -0.129. The molecule has 4 rings (SSSR count). The number of hydrogen-bond acceptors (Lipinski definition) is 6. The minimum atomic E-state index is -0.669. The van der Waals surface area contributed by atoms with Crippen LogP contribution in [0.15, 0.2) is 35.6 Å². The van der Waals surface area contributed by atoms with Gasteiger partial charge in [-0.1, -0.05) is 18.2 Å². The second kappa shape index (κ2) is 7.94. The molecule has 3 heterocycles. The molecule has 0 fully saturated rings. The molecule has 0 spiro atoms. The number of amides is 1. The second-order valence-electron chi connectivity index (χ2n) is 8.15. The van der Waals surface area contributed by atoms with E-state index in [1.165, 1.54) is 11.3 Å². The van der Waals surface area contributed by atoms with Gasteiger partial charge in [-0.3, -0.25) is 9.59 Å². The van der Waals surface area contributed by atoms with Crippen LogP contribution in [0, 0.1) is 20.8 Å². The van der Waals surface area contributed by atoms with Crippen LogP contribution in [-0.2, 0) is 4.79 Å². The number of aliphatic hydroxyl groups is 1. The van der Waals surface area contributed by atoms with Crippen LogP contribution in [0.2, 0.25) is 0 Å². The van der Waals surface area contributed by atoms with Crippen molar-refractivity contribution in [3.63, 3.8) is 0 Å². The van der Waals surface area contributed by atoms with E-state index in [0.717, 1.165) is 27.2 Å². The van der Waals surface area contributed by atoms with E-state index in [9.17, 15) is 14.7 Å². The maximum atomic E-state index is 13.6. The van der Waals surface area contributed by atoms with Gasteiger partial charge in [-0.25, -0.2) is 4.98 Å².